The van der Waals surface area contributed by atoms with Crippen molar-refractivity contribution in [1.29, 1.82) is 0 Å². The van der Waals surface area contributed by atoms with E-state index < -0.39 is 5.41 Å². The minimum atomic E-state index is -0.791. The second-order valence-corrected chi connectivity index (χ2v) is 4.92. The van der Waals surface area contributed by atoms with Gasteiger partial charge < -0.3 is 15.3 Å². The highest BCUT2D eigenvalue weighted by Gasteiger charge is 2.44. The number of esters is 1. The summed E-state index contributed by atoms with van der Waals surface area (Å²) in [7, 11) is 0. The molecule has 1 aliphatic carbocycles. The number of ether oxygens (including phenoxy) is 2. The Hall–Kier alpha value is -1.92. The van der Waals surface area contributed by atoms with E-state index in [-0.39, 0.29) is 24.3 Å². The lowest BCUT2D eigenvalue weighted by Gasteiger charge is -2.33. The van der Waals surface area contributed by atoms with Crippen molar-refractivity contribution in [1.82, 2.24) is 0 Å². The molecule has 0 unspecified atom stereocenters. The van der Waals surface area contributed by atoms with Crippen LogP contribution in [0, 0.1) is 5.41 Å². The number of nitrogens with zero attached hydrogens (tertiary/aromatic N) is 2. The van der Waals surface area contributed by atoms with Crippen molar-refractivity contribution in [3.05, 3.63) is 0 Å². The van der Waals surface area contributed by atoms with Gasteiger partial charge in [-0.1, -0.05) is 0 Å². The summed E-state index contributed by atoms with van der Waals surface area (Å²) in [6.45, 7) is 4.55. The van der Waals surface area contributed by atoms with Crippen LogP contribution in [0.2, 0.25) is 0 Å². The molecule has 7 heteroatoms. The molecular formula is C14H23N3O4. The van der Waals surface area contributed by atoms with Crippen LogP contribution in [0.4, 0.5) is 0 Å². The molecule has 0 radical (unpaired) electrons. The fraction of sp³-hybridized carbons (Fsp3) is 0.714. The molecule has 21 heavy (non-hydrogen) atoms. The first kappa shape index (κ1) is 17.1. The Morgan fingerprint density at radius 1 is 1.33 bits per heavy atom. The summed E-state index contributed by atoms with van der Waals surface area (Å²) in [6, 6.07) is 0. The Kier molecular flexibility index (Phi) is 6.84. The molecule has 2 N–H and O–H groups in total. The number of aliphatic imine (C=N–C) groups is 1. The molecule has 7 nitrogen and oxygen atoms in total. The third-order valence-corrected chi connectivity index (χ3v) is 3.47. The molecule has 0 bridgehead atoms. The molecule has 0 saturated heterocycles. The molecule has 118 valence electrons. The van der Waals surface area contributed by atoms with Crippen LogP contribution in [0.5, 0.6) is 0 Å². The number of hydrogen-bond donors (Lipinski definition) is 1. The number of hydrazone groups is 1. The normalized spacial score (nSPS) is 18.8. The third-order valence-electron chi connectivity index (χ3n) is 3.47. The summed E-state index contributed by atoms with van der Waals surface area (Å²) in [5.41, 5.74) is -0.791. The molecule has 1 saturated carbocycles. The van der Waals surface area contributed by atoms with Gasteiger partial charge in [0.1, 0.15) is 24.0 Å². The quantitative estimate of drug-likeness (QED) is 0.259. The van der Waals surface area contributed by atoms with Crippen molar-refractivity contribution >= 4 is 23.9 Å². The minimum absolute atomic E-state index is 0.115. The zero-order valence-corrected chi connectivity index (χ0v) is 12.6. The summed E-state index contributed by atoms with van der Waals surface area (Å²) in [5, 5.41) is 3.38. The van der Waals surface area contributed by atoms with Crippen LogP contribution in [0.25, 0.3) is 0 Å². The average molecular weight is 297 g/mol. The zero-order chi connectivity index (χ0) is 15.7. The van der Waals surface area contributed by atoms with Crippen LogP contribution < -0.4 is 5.84 Å². The summed E-state index contributed by atoms with van der Waals surface area (Å²) in [5.74, 6) is 5.22. The molecule has 0 aromatic rings. The third kappa shape index (κ3) is 4.84. The Morgan fingerprint density at radius 3 is 2.52 bits per heavy atom. The summed E-state index contributed by atoms with van der Waals surface area (Å²) in [6.07, 6.45) is 2.91. The standard InChI is InChI=1S/C14H23N3O4/c1-3-16-12(9-17-15)21-10-14(13(19)20-4-2)7-5-11(18)6-8-14/h9H,3-8,10,15H2,1-2H3. The molecule has 0 atom stereocenters. The zero-order valence-electron chi connectivity index (χ0n) is 12.6. The second kappa shape index (κ2) is 8.39. The van der Waals surface area contributed by atoms with Gasteiger partial charge >= 0.3 is 5.97 Å². The minimum Gasteiger partial charge on any atom is -0.476 e. The SMILES string of the molecule is CCN=C(C=NN)OCC1(C(=O)OCC)CCC(=O)CC1. The Morgan fingerprint density at radius 2 is 2.00 bits per heavy atom. The van der Waals surface area contributed by atoms with E-state index in [1.165, 1.54) is 6.21 Å². The molecule has 0 aromatic carbocycles. The molecule has 0 spiro atoms. The van der Waals surface area contributed by atoms with Gasteiger partial charge in [-0.05, 0) is 26.7 Å². The monoisotopic (exact) mass is 297 g/mol. The summed E-state index contributed by atoms with van der Waals surface area (Å²) in [4.78, 5) is 27.8. The van der Waals surface area contributed by atoms with E-state index in [0.717, 1.165) is 0 Å². The Labute approximate surface area is 124 Å². The smallest absolute Gasteiger partial charge is 0.315 e. The lowest BCUT2D eigenvalue weighted by Crippen LogP contribution is -2.41. The number of nitrogens with two attached hydrogens (primary N) is 1. The van der Waals surface area contributed by atoms with E-state index in [0.29, 0.717) is 38.8 Å². The van der Waals surface area contributed by atoms with Crippen molar-refractivity contribution in [3.8, 4) is 0 Å². The average Bonchev–Trinajstić information content (AvgIpc) is 2.47. The summed E-state index contributed by atoms with van der Waals surface area (Å²) >= 11 is 0. The van der Waals surface area contributed by atoms with Crippen molar-refractivity contribution in [2.24, 2.45) is 21.4 Å². The van der Waals surface area contributed by atoms with Gasteiger partial charge in [0, 0.05) is 19.4 Å². The highest BCUT2D eigenvalue weighted by Crippen LogP contribution is 2.36. The maximum Gasteiger partial charge on any atom is 0.315 e. The van der Waals surface area contributed by atoms with E-state index >= 15 is 0 Å². The molecule has 1 rings (SSSR count). The van der Waals surface area contributed by atoms with Gasteiger partial charge in [-0.3, -0.25) is 14.6 Å². The molecule has 1 fully saturated rings. The first-order chi connectivity index (χ1) is 10.1. The van der Waals surface area contributed by atoms with E-state index in [9.17, 15) is 9.59 Å². The lowest BCUT2D eigenvalue weighted by molar-refractivity contribution is -0.160. The number of Topliss-reactive ketones (excluding diaryl/α,β-unsaturated/α-hetero) is 1. The maximum absolute atomic E-state index is 12.2. The molecule has 1 aliphatic rings. The highest BCUT2D eigenvalue weighted by molar-refractivity contribution is 6.26. The van der Waals surface area contributed by atoms with Gasteiger partial charge in [-0.2, -0.15) is 5.10 Å². The molecule has 0 amide bonds. The van der Waals surface area contributed by atoms with Crippen molar-refractivity contribution in [2.75, 3.05) is 19.8 Å². The van der Waals surface area contributed by atoms with Crippen molar-refractivity contribution in [2.45, 2.75) is 39.5 Å². The fourth-order valence-corrected chi connectivity index (χ4v) is 2.25. The van der Waals surface area contributed by atoms with E-state index in [1.807, 2.05) is 6.92 Å². The number of hydrogen-bond acceptors (Lipinski definition) is 7. The van der Waals surface area contributed by atoms with Gasteiger partial charge in [0.25, 0.3) is 0 Å². The number of carbonyl (C=O) groups is 2. The molecule has 0 heterocycles. The topological polar surface area (TPSA) is 103 Å². The van der Waals surface area contributed by atoms with Crippen LogP contribution in [-0.4, -0.2) is 43.6 Å². The highest BCUT2D eigenvalue weighted by atomic mass is 16.5. The van der Waals surface area contributed by atoms with E-state index in [1.54, 1.807) is 6.92 Å². The fourth-order valence-electron chi connectivity index (χ4n) is 2.25. The second-order valence-electron chi connectivity index (χ2n) is 4.92. The maximum atomic E-state index is 12.2. The van der Waals surface area contributed by atoms with E-state index in [4.69, 9.17) is 15.3 Å². The number of carbonyl (C=O) groups excluding carboxylic acids is 2. The number of rotatable bonds is 6. The van der Waals surface area contributed by atoms with Crippen LogP contribution >= 0.6 is 0 Å². The van der Waals surface area contributed by atoms with Gasteiger partial charge in [-0.15, -0.1) is 0 Å². The first-order valence-electron chi connectivity index (χ1n) is 7.17. The Balaban J connectivity index is 2.80. The van der Waals surface area contributed by atoms with Gasteiger partial charge in [0.05, 0.1) is 6.61 Å². The van der Waals surface area contributed by atoms with Gasteiger partial charge in [-0.25, -0.2) is 0 Å². The largest absolute Gasteiger partial charge is 0.476 e. The molecule has 0 aliphatic heterocycles. The predicted molar refractivity (Wildman–Crippen MR) is 79.1 cm³/mol. The lowest BCUT2D eigenvalue weighted by atomic mass is 9.74. The van der Waals surface area contributed by atoms with Crippen LogP contribution in [0.15, 0.2) is 10.1 Å². The first-order valence-corrected chi connectivity index (χ1v) is 7.17. The van der Waals surface area contributed by atoms with Crippen LogP contribution in [0.1, 0.15) is 39.5 Å². The summed E-state index contributed by atoms with van der Waals surface area (Å²) < 4.78 is 10.7. The number of ketones is 1. The predicted octanol–water partition coefficient (Wildman–Crippen LogP) is 1.06. The van der Waals surface area contributed by atoms with Crippen LogP contribution in [-0.2, 0) is 19.1 Å². The van der Waals surface area contributed by atoms with Crippen molar-refractivity contribution < 1.29 is 19.1 Å². The van der Waals surface area contributed by atoms with Gasteiger partial charge in [0.15, 0.2) is 0 Å². The van der Waals surface area contributed by atoms with Gasteiger partial charge in [0.2, 0.25) is 5.90 Å². The van der Waals surface area contributed by atoms with E-state index in [2.05, 4.69) is 10.1 Å². The molecular weight excluding hydrogens is 274 g/mol. The van der Waals surface area contributed by atoms with Crippen molar-refractivity contribution in [3.63, 3.8) is 0 Å². The van der Waals surface area contributed by atoms with Crippen LogP contribution in [0.3, 0.4) is 0 Å². The molecule has 0 aromatic heterocycles. The Bertz CT molecular complexity index is 422.